The Morgan fingerprint density at radius 2 is 2.12 bits per heavy atom. The maximum atomic E-state index is 12.7. The first-order chi connectivity index (χ1) is 11.6. The quantitative estimate of drug-likeness (QED) is 0.894. The summed E-state index contributed by atoms with van der Waals surface area (Å²) in [7, 11) is 0. The largest absolute Gasteiger partial charge is 0.348 e. The average Bonchev–Trinajstić information content (AvgIpc) is 3.02. The van der Waals surface area contributed by atoms with Crippen LogP contribution in [0.1, 0.15) is 48.7 Å². The third-order valence-corrected chi connectivity index (χ3v) is 4.55. The zero-order valence-electron chi connectivity index (χ0n) is 14.1. The minimum Gasteiger partial charge on any atom is -0.348 e. The highest BCUT2D eigenvalue weighted by molar-refractivity contribution is 6.30. The van der Waals surface area contributed by atoms with Crippen molar-refractivity contribution in [1.82, 2.24) is 20.4 Å². The topological polar surface area (TPSA) is 59.0 Å². The molecule has 0 radical (unpaired) electrons. The molecule has 1 fully saturated rings. The summed E-state index contributed by atoms with van der Waals surface area (Å²) in [5, 5.41) is 11.6. The lowest BCUT2D eigenvalue weighted by molar-refractivity contribution is 0.0929. The van der Waals surface area contributed by atoms with Gasteiger partial charge in [-0.1, -0.05) is 25.4 Å². The van der Waals surface area contributed by atoms with Crippen LogP contribution in [0.15, 0.2) is 30.5 Å². The molecule has 0 saturated carbocycles. The number of halogens is 1. The van der Waals surface area contributed by atoms with Crippen LogP contribution in [0.4, 0.5) is 0 Å². The first-order valence-electron chi connectivity index (χ1n) is 8.41. The van der Waals surface area contributed by atoms with Crippen molar-refractivity contribution in [1.29, 1.82) is 0 Å². The number of benzene rings is 1. The second-order valence-electron chi connectivity index (χ2n) is 6.50. The molecule has 1 aliphatic rings. The number of hydrogen-bond acceptors (Lipinski definition) is 3. The molecule has 0 bridgehead atoms. The summed E-state index contributed by atoms with van der Waals surface area (Å²) < 4.78 is 1.83. The normalized spacial score (nSPS) is 17.9. The molecule has 5 nitrogen and oxygen atoms in total. The fraction of sp³-hybridized carbons (Fsp3) is 0.444. The summed E-state index contributed by atoms with van der Waals surface area (Å²) in [4.78, 5) is 12.7. The standard InChI is InChI=1S/C18H23ClN4O/c1-12(2)17-16(18(24)22-14-4-3-9-20-10-14)11-21-23(17)15-7-5-13(19)6-8-15/h5-8,11-12,14,20H,3-4,9-10H2,1-2H3,(H,22,24). The summed E-state index contributed by atoms with van der Waals surface area (Å²) in [6.45, 7) is 6.00. The minimum atomic E-state index is -0.0485. The van der Waals surface area contributed by atoms with E-state index in [2.05, 4.69) is 29.6 Å². The van der Waals surface area contributed by atoms with Crippen molar-refractivity contribution in [2.24, 2.45) is 0 Å². The second-order valence-corrected chi connectivity index (χ2v) is 6.94. The fourth-order valence-electron chi connectivity index (χ4n) is 3.11. The van der Waals surface area contributed by atoms with E-state index in [1.54, 1.807) is 6.20 Å². The van der Waals surface area contributed by atoms with Gasteiger partial charge in [-0.2, -0.15) is 5.10 Å². The van der Waals surface area contributed by atoms with Crippen LogP contribution < -0.4 is 10.6 Å². The van der Waals surface area contributed by atoms with Crippen LogP contribution in [0.25, 0.3) is 5.69 Å². The number of rotatable bonds is 4. The van der Waals surface area contributed by atoms with Gasteiger partial charge in [0, 0.05) is 17.6 Å². The van der Waals surface area contributed by atoms with Crippen molar-refractivity contribution in [3.63, 3.8) is 0 Å². The molecule has 0 aliphatic carbocycles. The van der Waals surface area contributed by atoms with E-state index >= 15 is 0 Å². The Morgan fingerprint density at radius 1 is 1.38 bits per heavy atom. The van der Waals surface area contributed by atoms with E-state index in [9.17, 15) is 4.79 Å². The summed E-state index contributed by atoms with van der Waals surface area (Å²) in [5.74, 6) is 0.126. The third-order valence-electron chi connectivity index (χ3n) is 4.30. The molecule has 0 spiro atoms. The van der Waals surface area contributed by atoms with Gasteiger partial charge in [0.15, 0.2) is 0 Å². The minimum absolute atomic E-state index is 0.0485. The Labute approximate surface area is 147 Å². The van der Waals surface area contributed by atoms with Gasteiger partial charge >= 0.3 is 0 Å². The second kappa shape index (κ2) is 7.36. The lowest BCUT2D eigenvalue weighted by atomic mass is 10.0. The molecular weight excluding hydrogens is 324 g/mol. The number of piperidine rings is 1. The van der Waals surface area contributed by atoms with E-state index < -0.39 is 0 Å². The van der Waals surface area contributed by atoms with Gasteiger partial charge in [0.2, 0.25) is 0 Å². The van der Waals surface area contributed by atoms with Crippen LogP contribution >= 0.6 is 11.6 Å². The maximum absolute atomic E-state index is 12.7. The molecule has 6 heteroatoms. The maximum Gasteiger partial charge on any atom is 0.255 e. The Bertz CT molecular complexity index is 702. The van der Waals surface area contributed by atoms with E-state index in [-0.39, 0.29) is 17.9 Å². The highest BCUT2D eigenvalue weighted by Gasteiger charge is 2.23. The highest BCUT2D eigenvalue weighted by atomic mass is 35.5. The molecule has 3 rings (SSSR count). The number of carbonyl (C=O) groups is 1. The van der Waals surface area contributed by atoms with Crippen molar-refractivity contribution in [3.05, 3.63) is 46.7 Å². The van der Waals surface area contributed by atoms with Gasteiger partial charge in [0.1, 0.15) is 0 Å². The number of amides is 1. The van der Waals surface area contributed by atoms with Gasteiger partial charge < -0.3 is 10.6 Å². The summed E-state index contributed by atoms with van der Waals surface area (Å²) in [6, 6.07) is 7.67. The van der Waals surface area contributed by atoms with Crippen molar-refractivity contribution < 1.29 is 4.79 Å². The van der Waals surface area contributed by atoms with Crippen molar-refractivity contribution >= 4 is 17.5 Å². The van der Waals surface area contributed by atoms with Gasteiger partial charge in [-0.15, -0.1) is 0 Å². The van der Waals surface area contributed by atoms with E-state index in [1.807, 2.05) is 28.9 Å². The number of aromatic nitrogens is 2. The zero-order chi connectivity index (χ0) is 17.1. The summed E-state index contributed by atoms with van der Waals surface area (Å²) in [5.41, 5.74) is 2.46. The molecule has 1 aliphatic heterocycles. The summed E-state index contributed by atoms with van der Waals surface area (Å²) in [6.07, 6.45) is 3.77. The first kappa shape index (κ1) is 17.0. The predicted octanol–water partition coefficient (Wildman–Crippen LogP) is 3.13. The molecular formula is C18H23ClN4O. The predicted molar refractivity (Wildman–Crippen MR) is 96.0 cm³/mol. The van der Waals surface area contributed by atoms with Gasteiger partial charge in [-0.25, -0.2) is 4.68 Å². The van der Waals surface area contributed by atoms with Crippen molar-refractivity contribution in [2.75, 3.05) is 13.1 Å². The Kier molecular flexibility index (Phi) is 5.21. The molecule has 1 amide bonds. The van der Waals surface area contributed by atoms with Gasteiger partial charge in [-0.3, -0.25) is 4.79 Å². The molecule has 1 aromatic carbocycles. The number of nitrogens with one attached hydrogen (secondary N) is 2. The zero-order valence-corrected chi connectivity index (χ0v) is 14.8. The van der Waals surface area contributed by atoms with E-state index in [1.165, 1.54) is 0 Å². The molecule has 1 atom stereocenters. The highest BCUT2D eigenvalue weighted by Crippen LogP contribution is 2.24. The molecule has 2 heterocycles. The van der Waals surface area contributed by atoms with Gasteiger partial charge in [0.25, 0.3) is 5.91 Å². The smallest absolute Gasteiger partial charge is 0.255 e. The van der Waals surface area contributed by atoms with E-state index in [0.717, 1.165) is 37.3 Å². The van der Waals surface area contributed by atoms with E-state index in [4.69, 9.17) is 11.6 Å². The Morgan fingerprint density at radius 3 is 2.75 bits per heavy atom. The van der Waals surface area contributed by atoms with Crippen LogP contribution in [0.2, 0.25) is 5.02 Å². The lowest BCUT2D eigenvalue weighted by Crippen LogP contribution is -2.45. The monoisotopic (exact) mass is 346 g/mol. The van der Waals surface area contributed by atoms with Crippen LogP contribution in [-0.2, 0) is 0 Å². The number of hydrogen-bond donors (Lipinski definition) is 2. The molecule has 2 aromatic rings. The van der Waals surface area contributed by atoms with Crippen LogP contribution in [0, 0.1) is 0 Å². The van der Waals surface area contributed by atoms with Crippen LogP contribution in [-0.4, -0.2) is 34.8 Å². The fourth-order valence-corrected chi connectivity index (χ4v) is 3.24. The SMILES string of the molecule is CC(C)c1c(C(=O)NC2CCCNC2)cnn1-c1ccc(Cl)cc1. The first-order valence-corrected chi connectivity index (χ1v) is 8.79. The van der Waals surface area contributed by atoms with Crippen molar-refractivity contribution in [3.8, 4) is 5.69 Å². The average molecular weight is 347 g/mol. The van der Waals surface area contributed by atoms with E-state index in [0.29, 0.717) is 10.6 Å². The molecule has 128 valence electrons. The molecule has 1 saturated heterocycles. The van der Waals surface area contributed by atoms with Gasteiger partial charge in [0.05, 0.1) is 23.1 Å². The molecule has 1 unspecified atom stereocenters. The number of nitrogens with zero attached hydrogens (tertiary/aromatic N) is 2. The van der Waals surface area contributed by atoms with Crippen LogP contribution in [0.5, 0.6) is 0 Å². The Hall–Kier alpha value is -1.85. The van der Waals surface area contributed by atoms with Crippen molar-refractivity contribution in [2.45, 2.75) is 38.6 Å². The lowest BCUT2D eigenvalue weighted by Gasteiger charge is -2.24. The summed E-state index contributed by atoms with van der Waals surface area (Å²) >= 11 is 5.97. The third kappa shape index (κ3) is 3.62. The molecule has 24 heavy (non-hydrogen) atoms. The Balaban J connectivity index is 1.88. The molecule has 2 N–H and O–H groups in total. The molecule has 1 aromatic heterocycles. The van der Waals surface area contributed by atoms with Crippen LogP contribution in [0.3, 0.4) is 0 Å². The number of carbonyl (C=O) groups excluding carboxylic acids is 1. The van der Waals surface area contributed by atoms with Gasteiger partial charge in [-0.05, 0) is 49.6 Å².